The molecule has 4 nitrogen and oxygen atoms in total. The van der Waals surface area contributed by atoms with Crippen LogP contribution in [0.3, 0.4) is 0 Å². The first-order chi connectivity index (χ1) is 10.1. The van der Waals surface area contributed by atoms with Crippen molar-refractivity contribution in [3.05, 3.63) is 12.2 Å². The van der Waals surface area contributed by atoms with Gasteiger partial charge >= 0.3 is 0 Å². The largest absolute Gasteiger partial charge is 0.327 e. The molecule has 4 saturated carbocycles. The lowest BCUT2D eigenvalue weighted by Crippen LogP contribution is -2.52. The van der Waals surface area contributed by atoms with Gasteiger partial charge in [-0.3, -0.25) is 0 Å². The minimum absolute atomic E-state index is 0.265. The number of nitrogens with zero attached hydrogens (tertiary/aromatic N) is 3. The molecule has 0 aliphatic heterocycles. The summed E-state index contributed by atoms with van der Waals surface area (Å²) in [4.78, 5) is 4.46. The summed E-state index contributed by atoms with van der Waals surface area (Å²) in [5, 5.41) is 4.36. The van der Waals surface area contributed by atoms with Gasteiger partial charge in [0.15, 0.2) is 0 Å². The van der Waals surface area contributed by atoms with E-state index in [0.717, 1.165) is 41.8 Å². The van der Waals surface area contributed by atoms with E-state index in [1.54, 1.807) is 6.33 Å². The molecule has 0 radical (unpaired) electrons. The summed E-state index contributed by atoms with van der Waals surface area (Å²) in [5.74, 6) is 5.64. The molecular weight excluding hydrogens is 260 g/mol. The molecule has 21 heavy (non-hydrogen) atoms. The van der Waals surface area contributed by atoms with Crippen LogP contribution in [0.2, 0.25) is 0 Å². The molecule has 0 aromatic carbocycles. The van der Waals surface area contributed by atoms with E-state index >= 15 is 0 Å². The Morgan fingerprint density at radius 2 is 1.76 bits per heavy atom. The third kappa shape index (κ3) is 2.32. The standard InChI is InChI=1S/C17H28N4/c1-10(2)21-16(19-9-20-21)8-15(18)17-13-4-11-3-12(6-13)7-14(17)5-11/h9-15,17H,3-8,18H2,1-2H3. The molecule has 4 fully saturated rings. The Morgan fingerprint density at radius 1 is 1.14 bits per heavy atom. The van der Waals surface area contributed by atoms with Crippen LogP contribution in [-0.2, 0) is 6.42 Å². The Hall–Kier alpha value is -0.900. The number of nitrogens with two attached hydrogens (primary N) is 1. The molecule has 0 amide bonds. The molecule has 4 aliphatic carbocycles. The van der Waals surface area contributed by atoms with Gasteiger partial charge in [0.1, 0.15) is 12.2 Å². The zero-order chi connectivity index (χ0) is 14.6. The van der Waals surface area contributed by atoms with Crippen LogP contribution >= 0.6 is 0 Å². The van der Waals surface area contributed by atoms with Crippen LogP contribution in [0.4, 0.5) is 0 Å². The number of hydrogen-bond donors (Lipinski definition) is 1. The maximum Gasteiger partial charge on any atom is 0.138 e. The number of hydrogen-bond acceptors (Lipinski definition) is 3. The van der Waals surface area contributed by atoms with Crippen LogP contribution in [0.1, 0.15) is 57.8 Å². The molecule has 4 heteroatoms. The minimum Gasteiger partial charge on any atom is -0.327 e. The first kappa shape index (κ1) is 13.7. The van der Waals surface area contributed by atoms with Gasteiger partial charge in [-0.1, -0.05) is 0 Å². The maximum absolute atomic E-state index is 6.68. The Morgan fingerprint density at radius 3 is 2.33 bits per heavy atom. The minimum atomic E-state index is 0.265. The fourth-order valence-corrected chi connectivity index (χ4v) is 5.86. The van der Waals surface area contributed by atoms with Crippen molar-refractivity contribution in [3.8, 4) is 0 Å². The van der Waals surface area contributed by atoms with Crippen molar-refractivity contribution in [2.24, 2.45) is 35.3 Å². The highest BCUT2D eigenvalue weighted by atomic mass is 15.3. The monoisotopic (exact) mass is 288 g/mol. The van der Waals surface area contributed by atoms with Gasteiger partial charge in [0.25, 0.3) is 0 Å². The molecule has 1 atom stereocenters. The van der Waals surface area contributed by atoms with Crippen LogP contribution in [0.25, 0.3) is 0 Å². The van der Waals surface area contributed by atoms with E-state index in [1.807, 2.05) is 4.68 Å². The molecule has 116 valence electrons. The zero-order valence-electron chi connectivity index (χ0n) is 13.3. The summed E-state index contributed by atoms with van der Waals surface area (Å²) >= 11 is 0. The van der Waals surface area contributed by atoms with Crippen molar-refractivity contribution in [2.45, 2.75) is 64.5 Å². The summed E-state index contributed by atoms with van der Waals surface area (Å²) in [7, 11) is 0. The Balaban J connectivity index is 1.50. The number of rotatable bonds is 4. The summed E-state index contributed by atoms with van der Waals surface area (Å²) in [6.45, 7) is 4.32. The molecular formula is C17H28N4. The van der Waals surface area contributed by atoms with Gasteiger partial charge in [0.05, 0.1) is 0 Å². The fourth-order valence-electron chi connectivity index (χ4n) is 5.86. The quantitative estimate of drug-likeness (QED) is 0.927. The lowest BCUT2D eigenvalue weighted by molar-refractivity contribution is -0.0468. The van der Waals surface area contributed by atoms with Crippen LogP contribution < -0.4 is 5.73 Å². The van der Waals surface area contributed by atoms with E-state index in [1.165, 1.54) is 32.1 Å². The lowest BCUT2D eigenvalue weighted by atomic mass is 9.50. The predicted molar refractivity (Wildman–Crippen MR) is 82.6 cm³/mol. The molecule has 0 spiro atoms. The fraction of sp³-hybridized carbons (Fsp3) is 0.882. The molecule has 4 bridgehead atoms. The van der Waals surface area contributed by atoms with E-state index in [-0.39, 0.29) is 6.04 Å². The summed E-state index contributed by atoms with van der Waals surface area (Å²) < 4.78 is 2.04. The van der Waals surface area contributed by atoms with Crippen LogP contribution in [0, 0.1) is 29.6 Å². The number of aromatic nitrogens is 3. The highest BCUT2D eigenvalue weighted by molar-refractivity contribution is 5.03. The van der Waals surface area contributed by atoms with E-state index < -0.39 is 0 Å². The van der Waals surface area contributed by atoms with Crippen molar-refractivity contribution in [3.63, 3.8) is 0 Å². The van der Waals surface area contributed by atoms with Gasteiger partial charge in [-0.15, -0.1) is 0 Å². The summed E-state index contributed by atoms with van der Waals surface area (Å²) in [6.07, 6.45) is 9.87. The van der Waals surface area contributed by atoms with Gasteiger partial charge in [-0.25, -0.2) is 9.67 Å². The van der Waals surface area contributed by atoms with Gasteiger partial charge in [-0.2, -0.15) is 5.10 Å². The second kappa shape index (κ2) is 5.08. The second-order valence-electron chi connectivity index (χ2n) is 8.09. The van der Waals surface area contributed by atoms with Gasteiger partial charge in [0, 0.05) is 18.5 Å². The molecule has 1 aromatic heterocycles. The summed E-state index contributed by atoms with van der Waals surface area (Å²) in [5.41, 5.74) is 6.68. The zero-order valence-corrected chi connectivity index (χ0v) is 13.3. The average Bonchev–Trinajstić information content (AvgIpc) is 2.85. The smallest absolute Gasteiger partial charge is 0.138 e. The van der Waals surface area contributed by atoms with Crippen molar-refractivity contribution in [1.29, 1.82) is 0 Å². The Labute approximate surface area is 127 Å². The van der Waals surface area contributed by atoms with Gasteiger partial charge in [0.2, 0.25) is 0 Å². The topological polar surface area (TPSA) is 56.7 Å². The highest BCUT2D eigenvalue weighted by Gasteiger charge is 2.49. The molecule has 1 unspecified atom stereocenters. The first-order valence-electron chi connectivity index (χ1n) is 8.75. The van der Waals surface area contributed by atoms with Crippen molar-refractivity contribution < 1.29 is 0 Å². The third-order valence-corrected chi connectivity index (χ3v) is 6.35. The van der Waals surface area contributed by atoms with Crippen molar-refractivity contribution in [2.75, 3.05) is 0 Å². The van der Waals surface area contributed by atoms with Crippen LogP contribution in [0.15, 0.2) is 6.33 Å². The molecule has 1 heterocycles. The molecule has 5 rings (SSSR count). The molecule has 0 saturated heterocycles. The summed E-state index contributed by atoms with van der Waals surface area (Å²) in [6, 6.07) is 0.634. The normalized spacial score (nSPS) is 39.1. The Kier molecular flexibility index (Phi) is 3.32. The SMILES string of the molecule is CC(C)n1ncnc1CC(N)C1C2CC3CC(C2)CC1C3. The van der Waals surface area contributed by atoms with Gasteiger partial charge < -0.3 is 5.73 Å². The van der Waals surface area contributed by atoms with Gasteiger partial charge in [-0.05, 0) is 75.5 Å². The first-order valence-corrected chi connectivity index (χ1v) is 8.75. The Bertz CT molecular complexity index is 479. The van der Waals surface area contributed by atoms with Crippen LogP contribution in [-0.4, -0.2) is 20.8 Å². The lowest BCUT2D eigenvalue weighted by Gasteiger charge is -2.56. The molecule has 4 aliphatic rings. The molecule has 2 N–H and O–H groups in total. The highest BCUT2D eigenvalue weighted by Crippen LogP contribution is 2.57. The average molecular weight is 288 g/mol. The second-order valence-corrected chi connectivity index (χ2v) is 8.09. The van der Waals surface area contributed by atoms with E-state index in [2.05, 4.69) is 23.9 Å². The van der Waals surface area contributed by atoms with E-state index in [4.69, 9.17) is 5.73 Å². The van der Waals surface area contributed by atoms with E-state index in [9.17, 15) is 0 Å². The predicted octanol–water partition coefficient (Wildman–Crippen LogP) is 2.80. The van der Waals surface area contributed by atoms with Crippen molar-refractivity contribution >= 4 is 0 Å². The molecule has 1 aromatic rings. The van der Waals surface area contributed by atoms with Crippen LogP contribution in [0.5, 0.6) is 0 Å². The van der Waals surface area contributed by atoms with E-state index in [0.29, 0.717) is 6.04 Å². The maximum atomic E-state index is 6.68. The van der Waals surface area contributed by atoms with Crippen molar-refractivity contribution in [1.82, 2.24) is 14.8 Å². The third-order valence-electron chi connectivity index (χ3n) is 6.35.